The molecule has 2 heterocycles. The minimum absolute atomic E-state index is 0.491. The van der Waals surface area contributed by atoms with Crippen LogP contribution in [0.1, 0.15) is 5.69 Å². The van der Waals surface area contributed by atoms with Crippen molar-refractivity contribution in [3.05, 3.63) is 65.7 Å². The highest BCUT2D eigenvalue weighted by molar-refractivity contribution is 7.98. The van der Waals surface area contributed by atoms with E-state index in [0.29, 0.717) is 16.9 Å². The molecule has 2 aromatic carbocycles. The van der Waals surface area contributed by atoms with Crippen LogP contribution in [0.25, 0.3) is 11.5 Å². The lowest BCUT2D eigenvalue weighted by Crippen LogP contribution is -1.89. The zero-order valence-corrected chi connectivity index (χ0v) is 16.1. The molecule has 0 spiro atoms. The van der Waals surface area contributed by atoms with E-state index in [1.54, 1.807) is 18.4 Å². The minimum atomic E-state index is 0.491. The summed E-state index contributed by atoms with van der Waals surface area (Å²) in [7, 11) is 1.63. The minimum Gasteiger partial charge on any atom is -0.497 e. The molecule has 0 bridgehead atoms. The molecule has 0 radical (unpaired) electrons. The van der Waals surface area contributed by atoms with Crippen molar-refractivity contribution in [1.29, 1.82) is 0 Å². The fourth-order valence-electron chi connectivity index (χ4n) is 2.33. The molecule has 1 N–H and O–H groups in total. The van der Waals surface area contributed by atoms with Crippen molar-refractivity contribution in [3.8, 4) is 17.2 Å². The maximum atomic E-state index is 5.73. The van der Waals surface area contributed by atoms with Gasteiger partial charge in [-0.1, -0.05) is 30.0 Å². The maximum absolute atomic E-state index is 5.73. The second-order valence-electron chi connectivity index (χ2n) is 5.53. The lowest BCUT2D eigenvalue weighted by molar-refractivity contribution is 0.414. The molecule has 0 atom stereocenters. The van der Waals surface area contributed by atoms with Crippen LogP contribution in [0.5, 0.6) is 5.75 Å². The Labute approximate surface area is 164 Å². The Morgan fingerprint density at radius 2 is 1.89 bits per heavy atom. The third-order valence-electron chi connectivity index (χ3n) is 3.66. The zero-order chi connectivity index (χ0) is 18.5. The number of aromatic nitrogens is 3. The van der Waals surface area contributed by atoms with E-state index in [1.165, 1.54) is 11.8 Å². The molecule has 136 valence electrons. The van der Waals surface area contributed by atoms with Gasteiger partial charge >= 0.3 is 0 Å². The number of rotatable bonds is 7. The lowest BCUT2D eigenvalue weighted by atomic mass is 10.2. The Hall–Kier alpha value is -2.84. The van der Waals surface area contributed by atoms with E-state index in [9.17, 15) is 0 Å². The van der Waals surface area contributed by atoms with Gasteiger partial charge in [0.2, 0.25) is 5.89 Å². The first-order chi connectivity index (χ1) is 13.3. The molecule has 27 heavy (non-hydrogen) atoms. The fraction of sp³-hybridized carbons (Fsp3) is 0.105. The summed E-state index contributed by atoms with van der Waals surface area (Å²) in [4.78, 5) is 4.59. The van der Waals surface area contributed by atoms with Gasteiger partial charge in [-0.15, -0.1) is 21.5 Å². The molecule has 8 heteroatoms. The van der Waals surface area contributed by atoms with Crippen molar-refractivity contribution in [2.45, 2.75) is 11.0 Å². The number of hydrogen-bond acceptors (Lipinski definition) is 8. The average Bonchev–Trinajstić information content (AvgIpc) is 3.37. The van der Waals surface area contributed by atoms with Crippen molar-refractivity contribution in [3.63, 3.8) is 0 Å². The third-order valence-corrected chi connectivity index (χ3v) is 5.32. The van der Waals surface area contributed by atoms with Crippen LogP contribution in [0.15, 0.2) is 69.6 Å². The van der Waals surface area contributed by atoms with Gasteiger partial charge in [-0.2, -0.15) is 0 Å². The van der Waals surface area contributed by atoms with Crippen LogP contribution in [-0.2, 0) is 5.75 Å². The average molecular weight is 396 g/mol. The molecule has 4 aromatic rings. The third kappa shape index (κ3) is 4.47. The maximum Gasteiger partial charge on any atom is 0.277 e. The predicted octanol–water partition coefficient (Wildman–Crippen LogP) is 5.24. The van der Waals surface area contributed by atoms with Gasteiger partial charge in [0, 0.05) is 22.4 Å². The van der Waals surface area contributed by atoms with Crippen LogP contribution < -0.4 is 10.1 Å². The van der Waals surface area contributed by atoms with Crippen LogP contribution >= 0.6 is 23.1 Å². The van der Waals surface area contributed by atoms with Gasteiger partial charge in [0.25, 0.3) is 5.22 Å². The van der Waals surface area contributed by atoms with Gasteiger partial charge in [0.1, 0.15) is 5.75 Å². The van der Waals surface area contributed by atoms with Crippen LogP contribution in [0.2, 0.25) is 0 Å². The highest BCUT2D eigenvalue weighted by Gasteiger charge is 2.11. The van der Waals surface area contributed by atoms with E-state index < -0.39 is 0 Å². The van der Waals surface area contributed by atoms with Crippen molar-refractivity contribution in [2.24, 2.45) is 0 Å². The number of methoxy groups -OCH3 is 1. The number of ether oxygens (including phenoxy) is 1. The lowest BCUT2D eigenvalue weighted by Gasteiger charge is -2.00. The molecule has 0 aliphatic rings. The summed E-state index contributed by atoms with van der Waals surface area (Å²) in [6.07, 6.45) is 0. The fourth-order valence-corrected chi connectivity index (χ4v) is 3.82. The van der Waals surface area contributed by atoms with Crippen LogP contribution in [0, 0.1) is 0 Å². The Morgan fingerprint density at radius 3 is 2.67 bits per heavy atom. The monoisotopic (exact) mass is 396 g/mol. The summed E-state index contributed by atoms with van der Waals surface area (Å²) in [5.74, 6) is 1.94. The van der Waals surface area contributed by atoms with Crippen LogP contribution in [-0.4, -0.2) is 22.3 Å². The molecular weight excluding hydrogens is 380 g/mol. The van der Waals surface area contributed by atoms with E-state index >= 15 is 0 Å². The van der Waals surface area contributed by atoms with Gasteiger partial charge in [-0.25, -0.2) is 4.98 Å². The summed E-state index contributed by atoms with van der Waals surface area (Å²) in [5.41, 5.74) is 2.85. The SMILES string of the molecule is COc1ccc(-c2nnc(SCc3csc(Nc4ccccc4)n3)o2)cc1. The highest BCUT2D eigenvalue weighted by Crippen LogP contribution is 2.28. The van der Waals surface area contributed by atoms with E-state index in [0.717, 1.165) is 27.8 Å². The Balaban J connectivity index is 1.36. The topological polar surface area (TPSA) is 73.1 Å². The smallest absolute Gasteiger partial charge is 0.277 e. The van der Waals surface area contributed by atoms with Crippen molar-refractivity contribution < 1.29 is 9.15 Å². The normalized spacial score (nSPS) is 10.7. The van der Waals surface area contributed by atoms with Gasteiger partial charge in [0.15, 0.2) is 5.13 Å². The molecule has 0 fully saturated rings. The zero-order valence-electron chi connectivity index (χ0n) is 14.5. The Kier molecular flexibility index (Phi) is 5.36. The number of thioether (sulfide) groups is 1. The molecule has 4 rings (SSSR count). The van der Waals surface area contributed by atoms with Gasteiger partial charge < -0.3 is 14.5 Å². The standard InChI is InChI=1S/C19H16N4O2S2/c1-24-16-9-7-13(8-10-16)17-22-23-19(25-17)27-12-15-11-26-18(21-15)20-14-5-3-2-4-6-14/h2-11H,12H2,1H3,(H,20,21). The summed E-state index contributed by atoms with van der Waals surface area (Å²) in [5, 5.41) is 14.9. The van der Waals surface area contributed by atoms with E-state index in [2.05, 4.69) is 20.5 Å². The van der Waals surface area contributed by atoms with Gasteiger partial charge in [-0.05, 0) is 36.4 Å². The number of nitrogens with one attached hydrogen (secondary N) is 1. The van der Waals surface area contributed by atoms with Crippen LogP contribution in [0.3, 0.4) is 0 Å². The summed E-state index contributed by atoms with van der Waals surface area (Å²) >= 11 is 3.04. The number of para-hydroxylation sites is 1. The summed E-state index contributed by atoms with van der Waals surface area (Å²) in [6.45, 7) is 0. The molecule has 0 saturated carbocycles. The van der Waals surface area contributed by atoms with Gasteiger partial charge in [0.05, 0.1) is 12.8 Å². The van der Waals surface area contributed by atoms with Crippen molar-refractivity contribution in [1.82, 2.24) is 15.2 Å². The second kappa shape index (κ2) is 8.24. The van der Waals surface area contributed by atoms with E-state index in [-0.39, 0.29) is 0 Å². The molecule has 0 saturated heterocycles. The summed E-state index contributed by atoms with van der Waals surface area (Å²) < 4.78 is 10.9. The van der Waals surface area contributed by atoms with E-state index in [1.807, 2.05) is 60.0 Å². The molecule has 0 unspecified atom stereocenters. The van der Waals surface area contributed by atoms with Crippen molar-refractivity contribution in [2.75, 3.05) is 12.4 Å². The number of anilines is 2. The molecule has 6 nitrogen and oxygen atoms in total. The molecule has 0 aliphatic heterocycles. The first kappa shape index (κ1) is 17.6. The number of nitrogens with zero attached hydrogens (tertiary/aromatic N) is 3. The molecule has 0 amide bonds. The molecular formula is C19H16N4O2S2. The number of hydrogen-bond donors (Lipinski definition) is 1. The highest BCUT2D eigenvalue weighted by atomic mass is 32.2. The number of benzene rings is 2. The Bertz CT molecular complexity index is 1000. The largest absolute Gasteiger partial charge is 0.497 e. The molecule has 0 aliphatic carbocycles. The first-order valence-electron chi connectivity index (χ1n) is 8.17. The van der Waals surface area contributed by atoms with Gasteiger partial charge in [-0.3, -0.25) is 0 Å². The van der Waals surface area contributed by atoms with Crippen LogP contribution in [0.4, 0.5) is 10.8 Å². The summed E-state index contributed by atoms with van der Waals surface area (Å²) in [6, 6.07) is 17.5. The predicted molar refractivity (Wildman–Crippen MR) is 108 cm³/mol. The quantitative estimate of drug-likeness (QED) is 0.428. The number of thiazole rings is 1. The van der Waals surface area contributed by atoms with Crippen molar-refractivity contribution >= 4 is 33.9 Å². The first-order valence-corrected chi connectivity index (χ1v) is 10.0. The second-order valence-corrected chi connectivity index (χ2v) is 7.31. The Morgan fingerprint density at radius 1 is 1.07 bits per heavy atom. The molecule has 2 aromatic heterocycles. The van der Waals surface area contributed by atoms with E-state index in [4.69, 9.17) is 9.15 Å².